The molecule has 2 aromatic carbocycles. The molecule has 6 rings (SSSR count). The first kappa shape index (κ1) is 25.0. The van der Waals surface area contributed by atoms with Crippen molar-refractivity contribution < 1.29 is 20.1 Å². The molecule has 0 amide bonds. The Bertz CT molecular complexity index is 1720. The zero-order valence-corrected chi connectivity index (χ0v) is 20.6. The Balaban J connectivity index is 0.000000160. The van der Waals surface area contributed by atoms with E-state index in [1.54, 1.807) is 18.5 Å². The van der Waals surface area contributed by atoms with Crippen LogP contribution in [0.1, 0.15) is 11.1 Å². The molecule has 0 saturated carbocycles. The molecule has 4 aromatic heterocycles. The molecule has 0 atom stereocenters. The molecule has 39 heavy (non-hydrogen) atoms. The number of imidazole rings is 2. The first-order valence-corrected chi connectivity index (χ1v) is 11.6. The largest absolute Gasteiger partial charge is 0.508 e. The highest BCUT2D eigenvalue weighted by Gasteiger charge is 2.11. The van der Waals surface area contributed by atoms with E-state index >= 15 is 0 Å². The first-order valence-electron chi connectivity index (χ1n) is 11.6. The van der Waals surface area contributed by atoms with E-state index in [4.69, 9.17) is 4.74 Å². The first-order chi connectivity index (χ1) is 19.0. The van der Waals surface area contributed by atoms with Gasteiger partial charge < -0.3 is 40.7 Å². The van der Waals surface area contributed by atoms with Gasteiger partial charge in [-0.05, 0) is 12.1 Å². The predicted molar refractivity (Wildman–Crippen MR) is 142 cm³/mol. The summed E-state index contributed by atoms with van der Waals surface area (Å²) >= 11 is 0. The van der Waals surface area contributed by atoms with Crippen molar-refractivity contribution in [3.63, 3.8) is 0 Å². The van der Waals surface area contributed by atoms with Crippen LogP contribution in [0.2, 0.25) is 0 Å². The van der Waals surface area contributed by atoms with Gasteiger partial charge in [-0.1, -0.05) is 18.2 Å². The molecule has 14 nitrogen and oxygen atoms in total. The van der Waals surface area contributed by atoms with E-state index < -0.39 is 0 Å². The lowest BCUT2D eigenvalue weighted by Crippen LogP contribution is -2.03. The van der Waals surface area contributed by atoms with Crippen LogP contribution in [0.15, 0.2) is 61.7 Å². The van der Waals surface area contributed by atoms with Crippen LogP contribution in [0.5, 0.6) is 23.0 Å². The summed E-state index contributed by atoms with van der Waals surface area (Å²) in [6, 6.07) is 9.97. The van der Waals surface area contributed by atoms with Crippen LogP contribution in [0.4, 0.5) is 11.6 Å². The summed E-state index contributed by atoms with van der Waals surface area (Å²) in [6.07, 6.45) is 5.96. The van der Waals surface area contributed by atoms with E-state index in [2.05, 4.69) is 50.5 Å². The van der Waals surface area contributed by atoms with E-state index in [1.165, 1.54) is 38.2 Å². The molecule has 0 unspecified atom stereocenters. The molecular weight excluding hydrogens is 504 g/mol. The van der Waals surface area contributed by atoms with Gasteiger partial charge in [-0.3, -0.25) is 0 Å². The molecule has 0 bridgehead atoms. The van der Waals surface area contributed by atoms with Gasteiger partial charge in [0.25, 0.3) is 0 Å². The third-order valence-corrected chi connectivity index (χ3v) is 5.71. The fourth-order valence-corrected chi connectivity index (χ4v) is 3.72. The Morgan fingerprint density at radius 1 is 0.692 bits per heavy atom. The van der Waals surface area contributed by atoms with Crippen LogP contribution < -0.4 is 15.4 Å². The molecular formula is C25H24N10O4. The van der Waals surface area contributed by atoms with E-state index in [9.17, 15) is 15.3 Å². The second kappa shape index (κ2) is 11.2. The maximum absolute atomic E-state index is 9.91. The van der Waals surface area contributed by atoms with E-state index in [0.717, 1.165) is 11.1 Å². The van der Waals surface area contributed by atoms with Crippen molar-refractivity contribution in [2.24, 2.45) is 0 Å². The number of nitrogens with one attached hydrogen (secondary N) is 4. The Kier molecular flexibility index (Phi) is 7.16. The summed E-state index contributed by atoms with van der Waals surface area (Å²) in [7, 11) is 1.42. The molecule has 0 radical (unpaired) electrons. The quantitative estimate of drug-likeness (QED) is 0.149. The second-order valence-corrected chi connectivity index (χ2v) is 8.14. The molecule has 6 aromatic rings. The number of H-pyrrole nitrogens is 2. The topological polar surface area (TPSA) is 203 Å². The van der Waals surface area contributed by atoms with Crippen LogP contribution in [0.25, 0.3) is 22.3 Å². The zero-order valence-electron chi connectivity index (χ0n) is 20.6. The number of rotatable bonds is 7. The highest BCUT2D eigenvalue weighted by atomic mass is 16.5. The third kappa shape index (κ3) is 5.53. The van der Waals surface area contributed by atoms with E-state index in [0.29, 0.717) is 40.6 Å². The Morgan fingerprint density at radius 2 is 1.28 bits per heavy atom. The minimum Gasteiger partial charge on any atom is -0.508 e. The van der Waals surface area contributed by atoms with Gasteiger partial charge in [0, 0.05) is 30.3 Å². The number of phenols is 3. The highest BCUT2D eigenvalue weighted by Crippen LogP contribution is 2.33. The van der Waals surface area contributed by atoms with Crippen molar-refractivity contribution in [1.29, 1.82) is 0 Å². The number of hydrogen-bond donors (Lipinski definition) is 7. The fourth-order valence-electron chi connectivity index (χ4n) is 3.72. The van der Waals surface area contributed by atoms with E-state index in [1.807, 2.05) is 12.1 Å². The molecule has 0 aliphatic carbocycles. The SMILES string of the molecule is COc1cc(O)c(CNc2ncnc3nc[nH]c23)cc1O.Oc1ccccc1CNc1ncnc2nc[nH]c12. The standard InChI is InChI=1S/C13H13N5O3.C12H11N5O/c1-21-10-3-8(19)7(2-9(10)20)4-14-12-11-13(16-5-15-11)18-6-17-12;18-9-4-2-1-3-8(9)5-13-11-10-12(15-6-14-10)17-7-16-11/h2-3,5-6,19-20H,4H2,1H3,(H2,14,15,16,17,18);1-4,6-7,18H,5H2,(H2,13,14,15,16,17). The van der Waals surface area contributed by atoms with Gasteiger partial charge in [0.05, 0.1) is 19.8 Å². The van der Waals surface area contributed by atoms with Crippen molar-refractivity contribution in [3.05, 3.63) is 72.8 Å². The smallest absolute Gasteiger partial charge is 0.182 e. The molecule has 0 spiro atoms. The average molecular weight is 529 g/mol. The number of nitrogens with zero attached hydrogens (tertiary/aromatic N) is 6. The Morgan fingerprint density at radius 3 is 1.87 bits per heavy atom. The number of aromatic hydroxyl groups is 3. The molecule has 0 fully saturated rings. The average Bonchev–Trinajstić information content (AvgIpc) is 3.63. The van der Waals surface area contributed by atoms with Crippen molar-refractivity contribution in [3.8, 4) is 23.0 Å². The molecule has 7 N–H and O–H groups in total. The van der Waals surface area contributed by atoms with Gasteiger partial charge in [-0.25, -0.2) is 29.9 Å². The number of fused-ring (bicyclic) bond motifs is 2. The summed E-state index contributed by atoms with van der Waals surface area (Å²) in [5.41, 5.74) is 3.92. The van der Waals surface area contributed by atoms with Crippen LogP contribution in [0.3, 0.4) is 0 Å². The fraction of sp³-hybridized carbons (Fsp3) is 0.120. The van der Waals surface area contributed by atoms with Gasteiger partial charge in [0.1, 0.15) is 35.2 Å². The molecule has 4 heterocycles. The van der Waals surface area contributed by atoms with Crippen molar-refractivity contribution in [1.82, 2.24) is 39.9 Å². The van der Waals surface area contributed by atoms with E-state index in [-0.39, 0.29) is 29.5 Å². The number of hydrogen-bond acceptors (Lipinski definition) is 12. The van der Waals surface area contributed by atoms with Crippen molar-refractivity contribution in [2.75, 3.05) is 17.7 Å². The van der Waals surface area contributed by atoms with Gasteiger partial charge >= 0.3 is 0 Å². The summed E-state index contributed by atoms with van der Waals surface area (Å²) in [6.45, 7) is 0.756. The van der Waals surface area contributed by atoms with Crippen LogP contribution in [-0.4, -0.2) is 62.3 Å². The third-order valence-electron chi connectivity index (χ3n) is 5.71. The summed E-state index contributed by atoms with van der Waals surface area (Å²) in [4.78, 5) is 30.3. The van der Waals surface area contributed by atoms with Crippen LogP contribution in [0, 0.1) is 0 Å². The van der Waals surface area contributed by atoms with Crippen LogP contribution >= 0.6 is 0 Å². The normalized spacial score (nSPS) is 10.7. The lowest BCUT2D eigenvalue weighted by atomic mass is 10.1. The number of aromatic nitrogens is 8. The van der Waals surface area contributed by atoms with Crippen LogP contribution in [-0.2, 0) is 13.1 Å². The van der Waals surface area contributed by atoms with Crippen molar-refractivity contribution >= 4 is 34.0 Å². The van der Waals surface area contributed by atoms with Gasteiger partial charge in [-0.2, -0.15) is 0 Å². The minimum absolute atomic E-state index is 0.0204. The minimum atomic E-state index is -0.0403. The second-order valence-electron chi connectivity index (χ2n) is 8.14. The molecule has 14 heteroatoms. The number of phenolic OH excluding ortho intramolecular Hbond substituents is 3. The summed E-state index contributed by atoms with van der Waals surface area (Å²) in [5.74, 6) is 1.69. The highest BCUT2D eigenvalue weighted by molar-refractivity contribution is 5.82. The summed E-state index contributed by atoms with van der Waals surface area (Å²) in [5, 5.41) is 35.5. The van der Waals surface area contributed by atoms with Gasteiger partial charge in [0.2, 0.25) is 0 Å². The number of ether oxygens (including phenoxy) is 1. The molecule has 198 valence electrons. The molecule has 0 saturated heterocycles. The number of methoxy groups -OCH3 is 1. The lowest BCUT2D eigenvalue weighted by molar-refractivity contribution is 0.367. The van der Waals surface area contributed by atoms with Gasteiger partial charge in [0.15, 0.2) is 34.4 Å². The number of benzene rings is 2. The maximum atomic E-state index is 9.91. The zero-order chi connectivity index (χ0) is 27.2. The monoisotopic (exact) mass is 528 g/mol. The van der Waals surface area contributed by atoms with Gasteiger partial charge in [-0.15, -0.1) is 0 Å². The maximum Gasteiger partial charge on any atom is 0.182 e. The molecule has 0 aliphatic heterocycles. The van der Waals surface area contributed by atoms with Crippen molar-refractivity contribution in [2.45, 2.75) is 13.1 Å². The summed E-state index contributed by atoms with van der Waals surface area (Å²) < 4.78 is 4.93. The number of anilines is 2. The number of aromatic amines is 2. The Hall–Kier alpha value is -5.66. The Labute approximate surface area is 220 Å². The predicted octanol–water partition coefficient (Wildman–Crippen LogP) is 3.06. The molecule has 0 aliphatic rings. The number of para-hydroxylation sites is 1. The lowest BCUT2D eigenvalue weighted by Gasteiger charge is -2.10.